The lowest BCUT2D eigenvalue weighted by Crippen LogP contribution is -2.36. The number of ether oxygens (including phenoxy) is 4. The molecule has 4 unspecified atom stereocenters. The van der Waals surface area contributed by atoms with E-state index in [1.165, 1.54) is 44.5 Å². The summed E-state index contributed by atoms with van der Waals surface area (Å²) in [5.41, 5.74) is 10.2. The van der Waals surface area contributed by atoms with Gasteiger partial charge in [-0.2, -0.15) is 0 Å². The maximum Gasteiger partial charge on any atom is 0.0850 e. The van der Waals surface area contributed by atoms with E-state index < -0.39 is 5.41 Å². The second kappa shape index (κ2) is 10.5. The lowest BCUT2D eigenvalue weighted by Gasteiger charge is -2.42. The molecule has 0 bridgehead atoms. The van der Waals surface area contributed by atoms with Crippen molar-refractivity contribution in [3.63, 3.8) is 0 Å². The highest BCUT2D eigenvalue weighted by molar-refractivity contribution is 5.66. The van der Waals surface area contributed by atoms with Crippen LogP contribution < -0.4 is 0 Å². The Labute approximate surface area is 242 Å². The number of hydrogen-bond donors (Lipinski definition) is 0. The van der Waals surface area contributed by atoms with Gasteiger partial charge in [-0.15, -0.1) is 0 Å². The van der Waals surface area contributed by atoms with E-state index in [9.17, 15) is 0 Å². The van der Waals surface area contributed by atoms with Gasteiger partial charge in [0.05, 0.1) is 56.3 Å². The molecule has 8 rings (SSSR count). The van der Waals surface area contributed by atoms with E-state index >= 15 is 0 Å². The molecule has 4 aliphatic heterocycles. The summed E-state index contributed by atoms with van der Waals surface area (Å²) in [6.45, 7) is 3.34. The number of epoxide rings is 4. The van der Waals surface area contributed by atoms with Gasteiger partial charge in [-0.25, -0.2) is 0 Å². The average molecular weight is 545 g/mol. The summed E-state index contributed by atoms with van der Waals surface area (Å²) in [6, 6.07) is 36.4. The van der Waals surface area contributed by atoms with Gasteiger partial charge in [0.1, 0.15) is 0 Å². The fourth-order valence-corrected chi connectivity index (χ4v) is 6.85. The third kappa shape index (κ3) is 5.15. The highest BCUT2D eigenvalue weighted by Gasteiger charge is 2.45. The lowest BCUT2D eigenvalue weighted by atomic mass is 9.60. The van der Waals surface area contributed by atoms with Crippen LogP contribution in [0.25, 0.3) is 0 Å². The monoisotopic (exact) mass is 544 g/mol. The Morgan fingerprint density at radius 3 is 0.829 bits per heavy atom. The summed E-state index contributed by atoms with van der Waals surface area (Å²) < 4.78 is 23.2. The summed E-state index contributed by atoms with van der Waals surface area (Å²) in [6.07, 6.45) is 4.79. The summed E-state index contributed by atoms with van der Waals surface area (Å²) in [5, 5.41) is 0. The maximum atomic E-state index is 5.80. The van der Waals surface area contributed by atoms with Crippen molar-refractivity contribution in [2.75, 3.05) is 26.4 Å². The Morgan fingerprint density at radius 2 is 0.610 bits per heavy atom. The van der Waals surface area contributed by atoms with Gasteiger partial charge in [-0.1, -0.05) is 97.1 Å². The Kier molecular flexibility index (Phi) is 6.53. The molecule has 4 aliphatic rings. The first-order chi connectivity index (χ1) is 20.3. The van der Waals surface area contributed by atoms with Crippen molar-refractivity contribution < 1.29 is 18.9 Å². The molecule has 0 saturated carbocycles. The van der Waals surface area contributed by atoms with Gasteiger partial charge in [-0.05, 0) is 44.5 Å². The first kappa shape index (κ1) is 25.4. The molecule has 4 heterocycles. The summed E-state index contributed by atoms with van der Waals surface area (Å²) in [5.74, 6) is 0. The molecule has 4 fully saturated rings. The standard InChI is InChI=1S/C37H36O4/c1-5-13-33(25(9-1)17-29-21-38-29)37(34-14-6-2-10-26(34)18-30-22-39-30,35-15-7-3-11-27(35)19-31-23-40-31)36-16-8-4-12-28(36)20-32-24-41-32/h1-16,29-32H,17-24H2. The van der Waals surface area contributed by atoms with Crippen molar-refractivity contribution in [1.29, 1.82) is 0 Å². The molecule has 0 spiro atoms. The Morgan fingerprint density at radius 1 is 0.390 bits per heavy atom. The minimum absolute atomic E-state index is 0.286. The maximum absolute atomic E-state index is 5.80. The first-order valence-corrected chi connectivity index (χ1v) is 15.1. The molecule has 0 radical (unpaired) electrons. The predicted octanol–water partition coefficient (Wildman–Crippen LogP) is 5.83. The SMILES string of the molecule is c1ccc(C(c2ccccc2CC2CO2)(c2ccccc2CC2CO2)c2ccccc2CC2CO2)c(CC2CO2)c1. The summed E-state index contributed by atoms with van der Waals surface area (Å²) in [4.78, 5) is 0. The van der Waals surface area contributed by atoms with Crippen molar-refractivity contribution in [1.82, 2.24) is 0 Å². The van der Waals surface area contributed by atoms with Crippen LogP contribution in [0.4, 0.5) is 0 Å². The molecule has 208 valence electrons. The minimum atomic E-state index is -0.534. The molecular weight excluding hydrogens is 508 g/mol. The first-order valence-electron chi connectivity index (χ1n) is 15.1. The molecule has 4 saturated heterocycles. The molecule has 0 amide bonds. The van der Waals surface area contributed by atoms with Crippen LogP contribution in [0, 0.1) is 0 Å². The zero-order valence-corrected chi connectivity index (χ0v) is 23.3. The Hall–Kier alpha value is -3.28. The number of rotatable bonds is 12. The normalized spacial score (nSPS) is 25.4. The van der Waals surface area contributed by atoms with E-state index in [4.69, 9.17) is 18.9 Å². The highest BCUT2D eigenvalue weighted by atomic mass is 16.6. The fourth-order valence-electron chi connectivity index (χ4n) is 6.85. The largest absolute Gasteiger partial charge is 0.373 e. The molecule has 4 heteroatoms. The van der Waals surface area contributed by atoms with Crippen LogP contribution >= 0.6 is 0 Å². The predicted molar refractivity (Wildman–Crippen MR) is 159 cm³/mol. The molecule has 0 aromatic heterocycles. The van der Waals surface area contributed by atoms with E-state index in [0.717, 1.165) is 52.1 Å². The van der Waals surface area contributed by atoms with Crippen molar-refractivity contribution in [2.45, 2.75) is 55.5 Å². The zero-order chi connectivity index (χ0) is 27.2. The van der Waals surface area contributed by atoms with Gasteiger partial charge in [0.25, 0.3) is 0 Å². The minimum Gasteiger partial charge on any atom is -0.373 e. The van der Waals surface area contributed by atoms with Crippen LogP contribution in [-0.4, -0.2) is 50.8 Å². The van der Waals surface area contributed by atoms with Crippen molar-refractivity contribution >= 4 is 0 Å². The third-order valence-corrected chi connectivity index (χ3v) is 9.09. The zero-order valence-electron chi connectivity index (χ0n) is 23.3. The summed E-state index contributed by atoms with van der Waals surface area (Å²) in [7, 11) is 0. The Bertz CT molecular complexity index is 1310. The van der Waals surface area contributed by atoms with E-state index in [-0.39, 0.29) is 24.4 Å². The second-order valence-electron chi connectivity index (χ2n) is 12.0. The van der Waals surface area contributed by atoms with Crippen LogP contribution in [-0.2, 0) is 50.0 Å². The van der Waals surface area contributed by atoms with Gasteiger partial charge >= 0.3 is 0 Å². The smallest absolute Gasteiger partial charge is 0.0850 e. The number of hydrogen-bond acceptors (Lipinski definition) is 4. The van der Waals surface area contributed by atoms with Crippen molar-refractivity contribution in [2.24, 2.45) is 0 Å². The van der Waals surface area contributed by atoms with Crippen LogP contribution in [0.3, 0.4) is 0 Å². The van der Waals surface area contributed by atoms with E-state index in [2.05, 4.69) is 97.1 Å². The van der Waals surface area contributed by atoms with Crippen molar-refractivity contribution in [3.05, 3.63) is 142 Å². The van der Waals surface area contributed by atoms with Crippen LogP contribution in [0.5, 0.6) is 0 Å². The van der Waals surface area contributed by atoms with Crippen LogP contribution in [0.15, 0.2) is 97.1 Å². The van der Waals surface area contributed by atoms with Crippen LogP contribution in [0.1, 0.15) is 44.5 Å². The molecule has 0 aliphatic carbocycles. The van der Waals surface area contributed by atoms with Gasteiger partial charge in [-0.3, -0.25) is 0 Å². The van der Waals surface area contributed by atoms with Gasteiger partial charge in [0, 0.05) is 25.7 Å². The van der Waals surface area contributed by atoms with Gasteiger partial charge < -0.3 is 18.9 Å². The van der Waals surface area contributed by atoms with Crippen LogP contribution in [0.2, 0.25) is 0 Å². The molecule has 4 atom stereocenters. The quantitative estimate of drug-likeness (QED) is 0.166. The van der Waals surface area contributed by atoms with E-state index in [1.807, 2.05) is 0 Å². The lowest BCUT2D eigenvalue weighted by molar-refractivity contribution is 0.404. The van der Waals surface area contributed by atoms with E-state index in [0.29, 0.717) is 0 Å². The Balaban J connectivity index is 1.47. The highest BCUT2D eigenvalue weighted by Crippen LogP contribution is 2.51. The molecule has 4 nitrogen and oxygen atoms in total. The molecule has 0 N–H and O–H groups in total. The third-order valence-electron chi connectivity index (χ3n) is 9.09. The molecule has 41 heavy (non-hydrogen) atoms. The van der Waals surface area contributed by atoms with Gasteiger partial charge in [0.2, 0.25) is 0 Å². The fraction of sp³-hybridized carbons (Fsp3) is 0.351. The van der Waals surface area contributed by atoms with Gasteiger partial charge in [0.15, 0.2) is 0 Å². The van der Waals surface area contributed by atoms with E-state index in [1.54, 1.807) is 0 Å². The molecular formula is C37H36O4. The second-order valence-corrected chi connectivity index (χ2v) is 12.0. The number of benzene rings is 4. The topological polar surface area (TPSA) is 50.1 Å². The average Bonchev–Trinajstić information content (AvgIpc) is 3.80. The van der Waals surface area contributed by atoms with Crippen molar-refractivity contribution in [3.8, 4) is 0 Å². The molecule has 4 aromatic carbocycles. The molecule has 4 aromatic rings. The summed E-state index contributed by atoms with van der Waals surface area (Å²) >= 11 is 0.